The molecule has 0 amide bonds. The Morgan fingerprint density at radius 1 is 1.29 bits per heavy atom. The van der Waals surface area contributed by atoms with E-state index in [0.717, 1.165) is 31.4 Å². The Hall–Kier alpha value is -1.50. The van der Waals surface area contributed by atoms with Gasteiger partial charge in [-0.3, -0.25) is 0 Å². The summed E-state index contributed by atoms with van der Waals surface area (Å²) < 4.78 is 37.5. The van der Waals surface area contributed by atoms with E-state index >= 15 is 0 Å². The van der Waals surface area contributed by atoms with Crippen LogP contribution in [0, 0.1) is 16.7 Å². The molecule has 0 unspecified atom stereocenters. The van der Waals surface area contributed by atoms with Crippen LogP contribution in [0.2, 0.25) is 0 Å². The number of nitrogens with zero attached hydrogens (tertiary/aromatic N) is 1. The molecule has 1 fully saturated rings. The van der Waals surface area contributed by atoms with E-state index in [1.807, 2.05) is 0 Å². The lowest BCUT2D eigenvalue weighted by Gasteiger charge is -2.35. The van der Waals surface area contributed by atoms with E-state index < -0.39 is 17.2 Å². The fourth-order valence-corrected chi connectivity index (χ4v) is 2.18. The Labute approximate surface area is 97.9 Å². The highest BCUT2D eigenvalue weighted by Gasteiger charge is 2.38. The van der Waals surface area contributed by atoms with Gasteiger partial charge in [-0.05, 0) is 30.9 Å². The number of benzene rings is 1. The van der Waals surface area contributed by atoms with Gasteiger partial charge >= 0.3 is 6.18 Å². The number of hydrogen-bond acceptors (Lipinski definition) is 1. The molecule has 0 aliphatic heterocycles. The molecule has 1 saturated carbocycles. The molecule has 0 N–H and O–H groups in total. The molecule has 1 aliphatic carbocycles. The van der Waals surface area contributed by atoms with E-state index in [9.17, 15) is 13.2 Å². The molecular formula is C13H12F3N. The van der Waals surface area contributed by atoms with Crippen molar-refractivity contribution >= 4 is 0 Å². The first-order chi connectivity index (χ1) is 7.95. The summed E-state index contributed by atoms with van der Waals surface area (Å²) in [5, 5.41) is 9.05. The number of nitriles is 1. The minimum Gasteiger partial charge on any atom is -0.198 e. The summed E-state index contributed by atoms with van der Waals surface area (Å²) in [5.41, 5.74) is -0.465. The first-order valence-electron chi connectivity index (χ1n) is 5.53. The van der Waals surface area contributed by atoms with Crippen LogP contribution in [0.5, 0.6) is 0 Å². The molecule has 0 aromatic heterocycles. The largest absolute Gasteiger partial charge is 0.416 e. The minimum absolute atomic E-state index is 0.424. The third-order valence-electron chi connectivity index (χ3n) is 3.34. The van der Waals surface area contributed by atoms with Gasteiger partial charge in [-0.1, -0.05) is 24.6 Å². The molecular weight excluding hydrogens is 227 g/mol. The molecule has 0 heterocycles. The van der Waals surface area contributed by atoms with Gasteiger partial charge < -0.3 is 0 Å². The Morgan fingerprint density at radius 2 is 2.00 bits per heavy atom. The van der Waals surface area contributed by atoms with Crippen molar-refractivity contribution in [3.05, 3.63) is 35.4 Å². The summed E-state index contributed by atoms with van der Waals surface area (Å²) in [6.45, 7) is 0. The van der Waals surface area contributed by atoms with Crippen LogP contribution < -0.4 is 0 Å². The minimum atomic E-state index is -4.31. The highest BCUT2D eigenvalue weighted by molar-refractivity contribution is 5.28. The van der Waals surface area contributed by atoms with Crippen molar-refractivity contribution in [3.8, 4) is 6.07 Å². The molecule has 0 bridgehead atoms. The van der Waals surface area contributed by atoms with Crippen molar-refractivity contribution in [2.24, 2.45) is 5.41 Å². The Kier molecular flexibility index (Phi) is 2.86. The van der Waals surface area contributed by atoms with Gasteiger partial charge in [-0.25, -0.2) is 0 Å². The standard InChI is InChI=1S/C13H12F3N/c14-13(15,16)11-4-1-3-10(7-11)8-12(9-17)5-2-6-12/h1,3-4,7H,2,5-6,8H2. The first kappa shape index (κ1) is 12.0. The predicted molar refractivity (Wildman–Crippen MR) is 57.0 cm³/mol. The normalized spacial score (nSPS) is 18.2. The Morgan fingerprint density at radius 3 is 2.47 bits per heavy atom. The van der Waals surface area contributed by atoms with Crippen molar-refractivity contribution in [1.82, 2.24) is 0 Å². The molecule has 17 heavy (non-hydrogen) atoms. The van der Waals surface area contributed by atoms with Gasteiger partial charge in [-0.2, -0.15) is 18.4 Å². The van der Waals surface area contributed by atoms with Gasteiger partial charge in [0, 0.05) is 0 Å². The lowest BCUT2D eigenvalue weighted by atomic mass is 9.66. The van der Waals surface area contributed by atoms with Gasteiger partial charge in [0.25, 0.3) is 0 Å². The third kappa shape index (κ3) is 2.44. The van der Waals surface area contributed by atoms with Gasteiger partial charge in [0.15, 0.2) is 0 Å². The van der Waals surface area contributed by atoms with Crippen molar-refractivity contribution < 1.29 is 13.2 Å². The summed E-state index contributed by atoms with van der Waals surface area (Å²) in [6, 6.07) is 7.51. The second-order valence-electron chi connectivity index (χ2n) is 4.62. The molecule has 2 rings (SSSR count). The van der Waals surface area contributed by atoms with Gasteiger partial charge in [-0.15, -0.1) is 0 Å². The van der Waals surface area contributed by atoms with Crippen LogP contribution in [0.1, 0.15) is 30.4 Å². The third-order valence-corrected chi connectivity index (χ3v) is 3.34. The highest BCUT2D eigenvalue weighted by Crippen LogP contribution is 2.43. The van der Waals surface area contributed by atoms with Crippen molar-refractivity contribution in [2.45, 2.75) is 31.9 Å². The average Bonchev–Trinajstić information content (AvgIpc) is 2.23. The van der Waals surface area contributed by atoms with Crippen LogP contribution >= 0.6 is 0 Å². The molecule has 1 aliphatic rings. The summed E-state index contributed by atoms with van der Waals surface area (Å²) in [7, 11) is 0. The topological polar surface area (TPSA) is 23.8 Å². The van der Waals surface area contributed by atoms with Crippen LogP contribution in [0.15, 0.2) is 24.3 Å². The van der Waals surface area contributed by atoms with Crippen LogP contribution in [0.3, 0.4) is 0 Å². The van der Waals surface area contributed by atoms with E-state index in [1.54, 1.807) is 6.07 Å². The van der Waals surface area contributed by atoms with E-state index in [0.29, 0.717) is 12.0 Å². The van der Waals surface area contributed by atoms with E-state index in [-0.39, 0.29) is 0 Å². The first-order valence-corrected chi connectivity index (χ1v) is 5.53. The maximum atomic E-state index is 12.5. The lowest BCUT2D eigenvalue weighted by molar-refractivity contribution is -0.137. The zero-order valence-corrected chi connectivity index (χ0v) is 9.22. The summed E-state index contributed by atoms with van der Waals surface area (Å²) in [6.07, 6.45) is -1.31. The van der Waals surface area contributed by atoms with E-state index in [2.05, 4.69) is 6.07 Å². The van der Waals surface area contributed by atoms with Crippen LogP contribution in [-0.2, 0) is 12.6 Å². The molecule has 1 aromatic carbocycles. The fourth-order valence-electron chi connectivity index (χ4n) is 2.18. The number of rotatable bonds is 2. The Bertz CT molecular complexity index is 452. The average molecular weight is 239 g/mol. The van der Waals surface area contributed by atoms with Crippen LogP contribution in [-0.4, -0.2) is 0 Å². The lowest BCUT2D eigenvalue weighted by Crippen LogP contribution is -2.29. The fraction of sp³-hybridized carbons (Fsp3) is 0.462. The molecule has 90 valence electrons. The SMILES string of the molecule is N#CC1(Cc2cccc(C(F)(F)F)c2)CCC1. The van der Waals surface area contributed by atoms with Gasteiger partial charge in [0.2, 0.25) is 0 Å². The van der Waals surface area contributed by atoms with Gasteiger partial charge in [0.05, 0.1) is 17.0 Å². The monoisotopic (exact) mass is 239 g/mol. The quantitative estimate of drug-likeness (QED) is 0.766. The van der Waals surface area contributed by atoms with E-state index in [4.69, 9.17) is 5.26 Å². The summed E-state index contributed by atoms with van der Waals surface area (Å²) >= 11 is 0. The molecule has 0 radical (unpaired) electrons. The van der Waals surface area contributed by atoms with Crippen LogP contribution in [0.4, 0.5) is 13.2 Å². The summed E-state index contributed by atoms with van der Waals surface area (Å²) in [4.78, 5) is 0. The van der Waals surface area contributed by atoms with E-state index in [1.165, 1.54) is 6.07 Å². The van der Waals surface area contributed by atoms with Crippen LogP contribution in [0.25, 0.3) is 0 Å². The number of halogens is 3. The van der Waals surface area contributed by atoms with Crippen molar-refractivity contribution in [1.29, 1.82) is 5.26 Å². The zero-order valence-electron chi connectivity index (χ0n) is 9.22. The second kappa shape index (κ2) is 4.06. The molecule has 0 saturated heterocycles. The second-order valence-corrected chi connectivity index (χ2v) is 4.62. The van der Waals surface area contributed by atoms with Gasteiger partial charge in [0.1, 0.15) is 0 Å². The number of hydrogen-bond donors (Lipinski definition) is 0. The Balaban J connectivity index is 2.20. The zero-order chi connectivity index (χ0) is 12.5. The molecule has 1 nitrogen and oxygen atoms in total. The highest BCUT2D eigenvalue weighted by atomic mass is 19.4. The maximum absolute atomic E-state index is 12.5. The maximum Gasteiger partial charge on any atom is 0.416 e. The number of alkyl halides is 3. The molecule has 4 heteroatoms. The van der Waals surface area contributed by atoms with Crippen molar-refractivity contribution in [3.63, 3.8) is 0 Å². The predicted octanol–water partition coefficient (Wildman–Crippen LogP) is 3.94. The van der Waals surface area contributed by atoms with Crippen molar-refractivity contribution in [2.75, 3.05) is 0 Å². The smallest absolute Gasteiger partial charge is 0.198 e. The molecule has 1 aromatic rings. The molecule has 0 atom stereocenters. The molecule has 0 spiro atoms. The summed E-state index contributed by atoms with van der Waals surface area (Å²) in [5.74, 6) is 0.